The van der Waals surface area contributed by atoms with Crippen LogP contribution < -0.4 is 15.6 Å². The van der Waals surface area contributed by atoms with Crippen molar-refractivity contribution in [1.29, 1.82) is 0 Å². The van der Waals surface area contributed by atoms with Crippen LogP contribution in [0.15, 0.2) is 53.7 Å². The van der Waals surface area contributed by atoms with Crippen molar-refractivity contribution in [2.24, 2.45) is 0 Å². The van der Waals surface area contributed by atoms with Crippen LogP contribution >= 0.6 is 11.3 Å². The van der Waals surface area contributed by atoms with Crippen LogP contribution in [0.1, 0.15) is 19.4 Å². The van der Waals surface area contributed by atoms with E-state index in [0.717, 1.165) is 10.2 Å². The molecule has 0 radical (unpaired) electrons. The summed E-state index contributed by atoms with van der Waals surface area (Å²) in [5.41, 5.74) is 0.994. The molecule has 0 aliphatic rings. The van der Waals surface area contributed by atoms with Gasteiger partial charge in [0.05, 0.1) is 19.0 Å². The van der Waals surface area contributed by atoms with Gasteiger partial charge in [0.2, 0.25) is 5.91 Å². The normalized spacial score (nSPS) is 12.2. The van der Waals surface area contributed by atoms with E-state index in [-0.39, 0.29) is 11.5 Å². The number of hydrogen-bond acceptors (Lipinski definition) is 6. The van der Waals surface area contributed by atoms with Gasteiger partial charge in [0, 0.05) is 23.3 Å². The van der Waals surface area contributed by atoms with Gasteiger partial charge in [-0.05, 0) is 30.7 Å². The second kappa shape index (κ2) is 7.40. The molecule has 0 unspecified atom stereocenters. The molecule has 4 aromatic rings. The Balaban J connectivity index is 1.72. The van der Waals surface area contributed by atoms with Gasteiger partial charge in [-0.1, -0.05) is 13.0 Å². The highest BCUT2D eigenvalue weighted by Crippen LogP contribution is 2.28. The van der Waals surface area contributed by atoms with Crippen molar-refractivity contribution >= 4 is 43.4 Å². The van der Waals surface area contributed by atoms with Crippen LogP contribution in [0.2, 0.25) is 0 Å². The topological polar surface area (TPSA) is 86.1 Å². The molecule has 1 N–H and O–H groups in total. The Morgan fingerprint density at radius 1 is 1.29 bits per heavy atom. The van der Waals surface area contributed by atoms with Crippen molar-refractivity contribution in [3.63, 3.8) is 0 Å². The summed E-state index contributed by atoms with van der Waals surface area (Å²) in [4.78, 5) is 35.4. The number of nitrogens with zero attached hydrogens (tertiary/aromatic N) is 3. The van der Waals surface area contributed by atoms with Crippen LogP contribution in [-0.4, -0.2) is 27.6 Å². The largest absolute Gasteiger partial charge is 0.497 e. The maximum absolute atomic E-state index is 13.1. The van der Waals surface area contributed by atoms with Crippen molar-refractivity contribution in [3.05, 3.63) is 59.3 Å². The second-order valence-corrected chi connectivity index (χ2v) is 7.24. The maximum atomic E-state index is 13.1. The van der Waals surface area contributed by atoms with Gasteiger partial charge in [0.1, 0.15) is 21.3 Å². The molecule has 0 spiro atoms. The Morgan fingerprint density at radius 3 is 2.93 bits per heavy atom. The van der Waals surface area contributed by atoms with E-state index in [9.17, 15) is 9.59 Å². The minimum absolute atomic E-state index is 0.236. The first-order valence-electron chi connectivity index (χ1n) is 8.81. The van der Waals surface area contributed by atoms with E-state index in [1.54, 1.807) is 37.6 Å². The molecule has 0 saturated carbocycles. The van der Waals surface area contributed by atoms with Crippen molar-refractivity contribution in [2.75, 3.05) is 12.4 Å². The number of ether oxygens (including phenoxy) is 1. The minimum atomic E-state index is -0.672. The zero-order chi connectivity index (χ0) is 19.7. The number of rotatable bonds is 5. The summed E-state index contributed by atoms with van der Waals surface area (Å²) in [6.07, 6.45) is 3.59. The highest BCUT2D eigenvalue weighted by atomic mass is 32.1. The lowest BCUT2D eigenvalue weighted by Gasteiger charge is -2.17. The Hall–Kier alpha value is -3.26. The first-order chi connectivity index (χ1) is 13.6. The molecule has 0 saturated heterocycles. The summed E-state index contributed by atoms with van der Waals surface area (Å²) in [5, 5.41) is 3.70. The summed E-state index contributed by atoms with van der Waals surface area (Å²) in [6.45, 7) is 1.86. The highest BCUT2D eigenvalue weighted by Gasteiger charge is 2.22. The zero-order valence-corrected chi connectivity index (χ0v) is 16.2. The molecule has 0 bridgehead atoms. The van der Waals surface area contributed by atoms with E-state index in [1.165, 1.54) is 22.2 Å². The first-order valence-corrected chi connectivity index (χ1v) is 9.63. The number of methoxy groups -OCH3 is 1. The van der Waals surface area contributed by atoms with Crippen molar-refractivity contribution in [2.45, 2.75) is 19.4 Å². The number of amides is 1. The third-order valence-electron chi connectivity index (χ3n) is 4.54. The summed E-state index contributed by atoms with van der Waals surface area (Å²) in [6, 6.07) is 10.1. The SMILES string of the molecule is CC[C@@H](C(=O)Nc1cccc(OC)c1)n1cnc2c(sc3ncccc32)c1=O. The van der Waals surface area contributed by atoms with Crippen LogP contribution in [0.25, 0.3) is 20.4 Å². The van der Waals surface area contributed by atoms with Crippen LogP contribution in [0, 0.1) is 0 Å². The van der Waals surface area contributed by atoms with E-state index in [0.29, 0.717) is 28.1 Å². The van der Waals surface area contributed by atoms with Crippen molar-refractivity contribution < 1.29 is 9.53 Å². The Kier molecular flexibility index (Phi) is 4.79. The molecule has 0 aliphatic heterocycles. The number of fused-ring (bicyclic) bond motifs is 3. The maximum Gasteiger partial charge on any atom is 0.272 e. The molecule has 8 heteroatoms. The lowest BCUT2D eigenvalue weighted by Crippen LogP contribution is -2.33. The minimum Gasteiger partial charge on any atom is -0.497 e. The van der Waals surface area contributed by atoms with Gasteiger partial charge < -0.3 is 10.1 Å². The number of aromatic nitrogens is 3. The van der Waals surface area contributed by atoms with Crippen LogP contribution in [0.3, 0.4) is 0 Å². The fourth-order valence-electron chi connectivity index (χ4n) is 3.14. The van der Waals surface area contributed by atoms with E-state index in [1.807, 2.05) is 19.1 Å². The number of thiophene rings is 1. The Labute approximate surface area is 164 Å². The number of anilines is 1. The van der Waals surface area contributed by atoms with Gasteiger partial charge in [-0.25, -0.2) is 9.97 Å². The predicted molar refractivity (Wildman–Crippen MR) is 110 cm³/mol. The fraction of sp³-hybridized carbons (Fsp3) is 0.200. The number of hydrogen-bond donors (Lipinski definition) is 1. The molecule has 28 heavy (non-hydrogen) atoms. The average molecular weight is 394 g/mol. The third-order valence-corrected chi connectivity index (χ3v) is 5.63. The smallest absolute Gasteiger partial charge is 0.272 e. The van der Waals surface area contributed by atoms with Crippen LogP contribution in [-0.2, 0) is 4.79 Å². The number of pyridine rings is 1. The number of benzene rings is 1. The van der Waals surface area contributed by atoms with Gasteiger partial charge in [-0.15, -0.1) is 11.3 Å². The molecular formula is C20H18N4O3S. The molecule has 1 aromatic carbocycles. The number of carbonyl (C=O) groups is 1. The number of carbonyl (C=O) groups excluding carboxylic acids is 1. The Morgan fingerprint density at radius 2 is 2.14 bits per heavy atom. The molecular weight excluding hydrogens is 376 g/mol. The monoisotopic (exact) mass is 394 g/mol. The van der Waals surface area contributed by atoms with E-state index < -0.39 is 6.04 Å². The molecule has 0 fully saturated rings. The molecule has 1 amide bonds. The second-order valence-electron chi connectivity index (χ2n) is 6.24. The predicted octanol–water partition coefficient (Wildman–Crippen LogP) is 3.60. The summed E-state index contributed by atoms with van der Waals surface area (Å²) in [7, 11) is 1.57. The highest BCUT2D eigenvalue weighted by molar-refractivity contribution is 7.25. The van der Waals surface area contributed by atoms with E-state index in [2.05, 4.69) is 15.3 Å². The molecule has 0 aliphatic carbocycles. The molecule has 3 heterocycles. The first kappa shape index (κ1) is 18.1. The van der Waals surface area contributed by atoms with Crippen LogP contribution in [0.5, 0.6) is 5.75 Å². The molecule has 142 valence electrons. The van der Waals surface area contributed by atoms with E-state index >= 15 is 0 Å². The number of nitrogens with one attached hydrogen (secondary N) is 1. The lowest BCUT2D eigenvalue weighted by atomic mass is 10.2. The van der Waals surface area contributed by atoms with Crippen molar-refractivity contribution in [3.8, 4) is 5.75 Å². The summed E-state index contributed by atoms with van der Waals surface area (Å²) >= 11 is 1.30. The Bertz CT molecular complexity index is 1230. The lowest BCUT2D eigenvalue weighted by molar-refractivity contribution is -0.119. The quantitative estimate of drug-likeness (QED) is 0.559. The van der Waals surface area contributed by atoms with Crippen molar-refractivity contribution in [1.82, 2.24) is 14.5 Å². The van der Waals surface area contributed by atoms with Gasteiger partial charge >= 0.3 is 0 Å². The zero-order valence-electron chi connectivity index (χ0n) is 15.4. The standard InChI is InChI=1S/C20H18N4O3S/c1-3-15(18(25)23-12-6-4-7-13(10-12)27-2)24-11-22-16-14-8-5-9-21-19(14)28-17(16)20(24)26/h4-11,15H,3H2,1-2H3,(H,23,25)/t15-/m0/s1. The van der Waals surface area contributed by atoms with Gasteiger partial charge in [0.25, 0.3) is 5.56 Å². The van der Waals surface area contributed by atoms with Gasteiger partial charge in [0.15, 0.2) is 0 Å². The van der Waals surface area contributed by atoms with Gasteiger partial charge in [-0.3, -0.25) is 14.2 Å². The molecule has 1 atom stereocenters. The average Bonchev–Trinajstić information content (AvgIpc) is 3.10. The molecule has 3 aromatic heterocycles. The third kappa shape index (κ3) is 3.11. The summed E-state index contributed by atoms with van der Waals surface area (Å²) < 4.78 is 7.08. The summed E-state index contributed by atoms with van der Waals surface area (Å²) in [5.74, 6) is 0.363. The van der Waals surface area contributed by atoms with Gasteiger partial charge in [-0.2, -0.15) is 0 Å². The molecule has 4 rings (SSSR count). The van der Waals surface area contributed by atoms with E-state index in [4.69, 9.17) is 4.74 Å². The molecule has 7 nitrogen and oxygen atoms in total. The fourth-order valence-corrected chi connectivity index (χ4v) is 4.17. The van der Waals surface area contributed by atoms with Crippen LogP contribution in [0.4, 0.5) is 5.69 Å².